The number of methoxy groups -OCH3 is 2. The minimum absolute atomic E-state index is 0.427. The van der Waals surface area contributed by atoms with Crippen LogP contribution in [0.2, 0.25) is 5.02 Å². The molecule has 0 radical (unpaired) electrons. The van der Waals surface area contributed by atoms with Crippen molar-refractivity contribution in [2.45, 2.75) is 6.92 Å². The second-order valence-corrected chi connectivity index (χ2v) is 5.53. The third kappa shape index (κ3) is 2.66. The molecule has 0 spiro atoms. The molecule has 3 rings (SSSR count). The van der Waals surface area contributed by atoms with Gasteiger partial charge in [0.1, 0.15) is 17.1 Å². The zero-order valence-electron chi connectivity index (χ0n) is 13.0. The molecular weight excluding hydrogens is 316 g/mol. The molecule has 1 heterocycles. The first-order valence-electron chi connectivity index (χ1n) is 7.00. The predicted molar refractivity (Wildman–Crippen MR) is 90.8 cm³/mol. The second-order valence-electron chi connectivity index (χ2n) is 5.10. The molecule has 1 aromatic heterocycles. The van der Waals surface area contributed by atoms with Gasteiger partial charge < -0.3 is 13.9 Å². The molecule has 23 heavy (non-hydrogen) atoms. The topological polar surface area (TPSA) is 48.7 Å². The smallest absolute Gasteiger partial charge is 0.344 e. The Kier molecular flexibility index (Phi) is 4.01. The fourth-order valence-electron chi connectivity index (χ4n) is 2.65. The van der Waals surface area contributed by atoms with E-state index >= 15 is 0 Å². The fourth-order valence-corrected chi connectivity index (χ4v) is 2.81. The molecule has 5 heteroatoms. The molecule has 0 fully saturated rings. The van der Waals surface area contributed by atoms with Crippen LogP contribution in [0, 0.1) is 6.92 Å². The van der Waals surface area contributed by atoms with Crippen LogP contribution in [0.4, 0.5) is 0 Å². The lowest BCUT2D eigenvalue weighted by atomic mass is 9.99. The van der Waals surface area contributed by atoms with Gasteiger partial charge in [-0.3, -0.25) is 0 Å². The van der Waals surface area contributed by atoms with Crippen molar-refractivity contribution >= 4 is 22.6 Å². The van der Waals surface area contributed by atoms with Crippen molar-refractivity contribution in [3.05, 3.63) is 57.4 Å². The number of benzene rings is 2. The quantitative estimate of drug-likeness (QED) is 0.666. The summed E-state index contributed by atoms with van der Waals surface area (Å²) in [4.78, 5) is 12.5. The van der Waals surface area contributed by atoms with Crippen molar-refractivity contribution in [3.63, 3.8) is 0 Å². The van der Waals surface area contributed by atoms with E-state index in [1.807, 2.05) is 19.1 Å². The summed E-state index contributed by atoms with van der Waals surface area (Å²) in [5.41, 5.74) is 2.00. The SMILES string of the molecule is COc1ccc2c(C)c(-c3ccc(Cl)cc3OC)c(=O)oc2c1. The monoisotopic (exact) mass is 330 g/mol. The van der Waals surface area contributed by atoms with Crippen LogP contribution in [-0.4, -0.2) is 14.2 Å². The fraction of sp³-hybridized carbons (Fsp3) is 0.167. The number of hydrogen-bond donors (Lipinski definition) is 0. The van der Waals surface area contributed by atoms with Crippen molar-refractivity contribution in [3.8, 4) is 22.6 Å². The molecule has 0 saturated heterocycles. The van der Waals surface area contributed by atoms with Gasteiger partial charge >= 0.3 is 5.63 Å². The summed E-state index contributed by atoms with van der Waals surface area (Å²) >= 11 is 6.00. The second kappa shape index (κ2) is 5.97. The Morgan fingerprint density at radius 2 is 1.83 bits per heavy atom. The molecule has 0 atom stereocenters. The van der Waals surface area contributed by atoms with Crippen molar-refractivity contribution in [2.75, 3.05) is 14.2 Å². The molecule has 0 bridgehead atoms. The number of halogens is 1. The Labute approximate surface area is 138 Å². The first-order valence-corrected chi connectivity index (χ1v) is 7.38. The van der Waals surface area contributed by atoms with Gasteiger partial charge in [0.05, 0.1) is 19.8 Å². The van der Waals surface area contributed by atoms with Gasteiger partial charge in [-0.2, -0.15) is 0 Å². The molecule has 0 unspecified atom stereocenters. The van der Waals surface area contributed by atoms with Crippen LogP contribution in [0.25, 0.3) is 22.1 Å². The average Bonchev–Trinajstić information content (AvgIpc) is 2.55. The Hall–Kier alpha value is -2.46. The lowest BCUT2D eigenvalue weighted by molar-refractivity contribution is 0.413. The minimum Gasteiger partial charge on any atom is -0.497 e. The van der Waals surface area contributed by atoms with Gasteiger partial charge in [0.2, 0.25) is 0 Å². The number of ether oxygens (including phenoxy) is 2. The highest BCUT2D eigenvalue weighted by molar-refractivity contribution is 6.30. The van der Waals surface area contributed by atoms with E-state index in [1.54, 1.807) is 31.4 Å². The van der Waals surface area contributed by atoms with Crippen LogP contribution in [0.1, 0.15) is 5.56 Å². The van der Waals surface area contributed by atoms with Crippen molar-refractivity contribution in [1.29, 1.82) is 0 Å². The van der Waals surface area contributed by atoms with Gasteiger partial charge in [-0.25, -0.2) is 4.79 Å². The van der Waals surface area contributed by atoms with Crippen LogP contribution in [0.5, 0.6) is 11.5 Å². The first-order chi connectivity index (χ1) is 11.0. The van der Waals surface area contributed by atoms with Gasteiger partial charge in [-0.15, -0.1) is 0 Å². The molecule has 3 aromatic rings. The van der Waals surface area contributed by atoms with E-state index in [4.69, 9.17) is 25.5 Å². The van der Waals surface area contributed by atoms with Crippen molar-refractivity contribution in [2.24, 2.45) is 0 Å². The van der Waals surface area contributed by atoms with E-state index in [0.29, 0.717) is 33.2 Å². The van der Waals surface area contributed by atoms with Crippen LogP contribution in [0.15, 0.2) is 45.6 Å². The van der Waals surface area contributed by atoms with E-state index in [2.05, 4.69) is 0 Å². The van der Waals surface area contributed by atoms with E-state index in [9.17, 15) is 4.79 Å². The van der Waals surface area contributed by atoms with E-state index in [1.165, 1.54) is 7.11 Å². The number of aryl methyl sites for hydroxylation is 1. The van der Waals surface area contributed by atoms with Gasteiger partial charge in [0.15, 0.2) is 0 Å². The standard InChI is InChI=1S/C18H15ClO4/c1-10-13-7-5-12(21-2)9-16(13)23-18(20)17(10)14-6-4-11(19)8-15(14)22-3/h4-9H,1-3H3. The maximum atomic E-state index is 12.5. The average molecular weight is 331 g/mol. The molecule has 0 aliphatic rings. The third-order valence-corrected chi connectivity index (χ3v) is 4.04. The van der Waals surface area contributed by atoms with Crippen LogP contribution >= 0.6 is 11.6 Å². The first kappa shape index (κ1) is 15.4. The normalized spacial score (nSPS) is 10.8. The summed E-state index contributed by atoms with van der Waals surface area (Å²) in [5, 5.41) is 1.38. The van der Waals surface area contributed by atoms with Gasteiger partial charge in [0, 0.05) is 22.0 Å². The van der Waals surface area contributed by atoms with E-state index < -0.39 is 5.63 Å². The van der Waals surface area contributed by atoms with Crippen LogP contribution in [0.3, 0.4) is 0 Å². The molecule has 0 aliphatic carbocycles. The van der Waals surface area contributed by atoms with Gasteiger partial charge in [0.25, 0.3) is 0 Å². The zero-order valence-corrected chi connectivity index (χ0v) is 13.7. The maximum Gasteiger partial charge on any atom is 0.344 e. The van der Waals surface area contributed by atoms with Crippen molar-refractivity contribution in [1.82, 2.24) is 0 Å². The molecule has 2 aromatic carbocycles. The van der Waals surface area contributed by atoms with Crippen molar-refractivity contribution < 1.29 is 13.9 Å². The molecule has 0 saturated carbocycles. The zero-order chi connectivity index (χ0) is 16.6. The lowest BCUT2D eigenvalue weighted by Crippen LogP contribution is -2.07. The summed E-state index contributed by atoms with van der Waals surface area (Å²) in [6.07, 6.45) is 0. The van der Waals surface area contributed by atoms with E-state index in [0.717, 1.165) is 10.9 Å². The van der Waals surface area contributed by atoms with Gasteiger partial charge in [-0.1, -0.05) is 11.6 Å². The Balaban J connectivity index is 2.33. The molecule has 118 valence electrons. The maximum absolute atomic E-state index is 12.5. The third-order valence-electron chi connectivity index (χ3n) is 3.81. The highest BCUT2D eigenvalue weighted by Gasteiger charge is 2.17. The minimum atomic E-state index is -0.427. The molecule has 0 amide bonds. The number of fused-ring (bicyclic) bond motifs is 1. The molecule has 0 N–H and O–H groups in total. The van der Waals surface area contributed by atoms with Crippen LogP contribution in [-0.2, 0) is 0 Å². The number of hydrogen-bond acceptors (Lipinski definition) is 4. The Morgan fingerprint density at radius 3 is 2.52 bits per heavy atom. The molecule has 0 aliphatic heterocycles. The summed E-state index contributed by atoms with van der Waals surface area (Å²) in [7, 11) is 3.11. The number of rotatable bonds is 3. The highest BCUT2D eigenvalue weighted by atomic mass is 35.5. The summed E-state index contributed by atoms with van der Waals surface area (Å²) < 4.78 is 16.0. The lowest BCUT2D eigenvalue weighted by Gasteiger charge is -2.12. The highest BCUT2D eigenvalue weighted by Crippen LogP contribution is 2.35. The molecular formula is C18H15ClO4. The Morgan fingerprint density at radius 1 is 1.04 bits per heavy atom. The summed E-state index contributed by atoms with van der Waals surface area (Å²) in [6, 6.07) is 10.6. The predicted octanol–water partition coefficient (Wildman–Crippen LogP) is 4.44. The van der Waals surface area contributed by atoms with Gasteiger partial charge in [-0.05, 0) is 42.8 Å². The Bertz CT molecular complexity index is 944. The summed E-state index contributed by atoms with van der Waals surface area (Å²) in [6.45, 7) is 1.88. The van der Waals surface area contributed by atoms with E-state index in [-0.39, 0.29) is 0 Å². The molecule has 4 nitrogen and oxygen atoms in total. The summed E-state index contributed by atoms with van der Waals surface area (Å²) in [5.74, 6) is 1.16. The van der Waals surface area contributed by atoms with Crippen LogP contribution < -0.4 is 15.1 Å². The largest absolute Gasteiger partial charge is 0.497 e.